The first-order chi connectivity index (χ1) is 8.31. The number of rotatable bonds is 4. The van der Waals surface area contributed by atoms with E-state index < -0.39 is 0 Å². The summed E-state index contributed by atoms with van der Waals surface area (Å²) in [5.74, 6) is 1.76. The summed E-state index contributed by atoms with van der Waals surface area (Å²) in [7, 11) is 1.86. The van der Waals surface area contributed by atoms with Crippen LogP contribution in [-0.4, -0.2) is 36.3 Å². The molecule has 1 atom stereocenters. The lowest BCUT2D eigenvalue weighted by Gasteiger charge is -2.23. The van der Waals surface area contributed by atoms with Gasteiger partial charge < -0.3 is 15.4 Å². The summed E-state index contributed by atoms with van der Waals surface area (Å²) in [5.41, 5.74) is 1.05. The average molecular weight is 236 g/mol. The molecule has 94 valence electrons. The number of hydrogen-bond acceptors (Lipinski definition) is 5. The van der Waals surface area contributed by atoms with Gasteiger partial charge in [-0.1, -0.05) is 0 Å². The SMILES string of the molecule is CNc1ncnc(NCC2CCCCO2)c1C. The van der Waals surface area contributed by atoms with Crippen LogP contribution in [0.5, 0.6) is 0 Å². The molecule has 0 saturated carbocycles. The predicted molar refractivity (Wildman–Crippen MR) is 68.4 cm³/mol. The van der Waals surface area contributed by atoms with Gasteiger partial charge >= 0.3 is 0 Å². The monoisotopic (exact) mass is 236 g/mol. The number of nitrogens with one attached hydrogen (secondary N) is 2. The number of hydrogen-bond donors (Lipinski definition) is 2. The molecule has 0 aromatic carbocycles. The van der Waals surface area contributed by atoms with E-state index in [4.69, 9.17) is 4.74 Å². The first kappa shape index (κ1) is 12.1. The van der Waals surface area contributed by atoms with Crippen LogP contribution in [-0.2, 0) is 4.74 Å². The minimum atomic E-state index is 0.316. The summed E-state index contributed by atoms with van der Waals surface area (Å²) < 4.78 is 5.67. The van der Waals surface area contributed by atoms with Gasteiger partial charge in [0.05, 0.1) is 6.10 Å². The fraction of sp³-hybridized carbons (Fsp3) is 0.667. The molecule has 1 saturated heterocycles. The lowest BCUT2D eigenvalue weighted by molar-refractivity contribution is 0.0247. The lowest BCUT2D eigenvalue weighted by Crippen LogP contribution is -2.27. The second-order valence-corrected chi connectivity index (χ2v) is 4.32. The summed E-state index contributed by atoms with van der Waals surface area (Å²) in [6.07, 6.45) is 5.47. The Kier molecular flexibility index (Phi) is 4.14. The van der Waals surface area contributed by atoms with Crippen molar-refractivity contribution in [1.29, 1.82) is 0 Å². The number of anilines is 2. The molecule has 1 aliphatic rings. The zero-order valence-electron chi connectivity index (χ0n) is 10.5. The van der Waals surface area contributed by atoms with Crippen molar-refractivity contribution in [3.63, 3.8) is 0 Å². The smallest absolute Gasteiger partial charge is 0.134 e. The average Bonchev–Trinajstić information content (AvgIpc) is 2.39. The molecule has 1 aromatic rings. The Morgan fingerprint density at radius 2 is 2.18 bits per heavy atom. The van der Waals surface area contributed by atoms with Gasteiger partial charge in [0.15, 0.2) is 0 Å². The molecule has 2 heterocycles. The second-order valence-electron chi connectivity index (χ2n) is 4.32. The van der Waals surface area contributed by atoms with Gasteiger partial charge in [-0.3, -0.25) is 0 Å². The highest BCUT2D eigenvalue weighted by Gasteiger charge is 2.14. The van der Waals surface area contributed by atoms with E-state index in [-0.39, 0.29) is 0 Å². The molecule has 0 aliphatic carbocycles. The summed E-state index contributed by atoms with van der Waals surface area (Å²) in [5, 5.41) is 6.39. The minimum Gasteiger partial charge on any atom is -0.376 e. The topological polar surface area (TPSA) is 59.1 Å². The Labute approximate surface area is 102 Å². The molecule has 1 unspecified atom stereocenters. The van der Waals surface area contributed by atoms with E-state index in [2.05, 4.69) is 20.6 Å². The molecule has 0 radical (unpaired) electrons. The quantitative estimate of drug-likeness (QED) is 0.835. The maximum atomic E-state index is 5.67. The normalized spacial score (nSPS) is 20.0. The molecule has 0 amide bonds. The standard InChI is InChI=1S/C12H20N4O/c1-9-11(13-2)15-8-16-12(9)14-7-10-5-3-4-6-17-10/h8,10H,3-7H2,1-2H3,(H2,13,14,15,16). The Morgan fingerprint density at radius 3 is 2.88 bits per heavy atom. The molecule has 0 spiro atoms. The van der Waals surface area contributed by atoms with E-state index in [1.807, 2.05) is 14.0 Å². The van der Waals surface area contributed by atoms with Gasteiger partial charge in [-0.05, 0) is 26.2 Å². The molecule has 5 nitrogen and oxygen atoms in total. The number of aromatic nitrogens is 2. The molecule has 1 aliphatic heterocycles. The van der Waals surface area contributed by atoms with Crippen LogP contribution in [0.2, 0.25) is 0 Å². The van der Waals surface area contributed by atoms with Crippen molar-refractivity contribution in [2.24, 2.45) is 0 Å². The fourth-order valence-corrected chi connectivity index (χ4v) is 2.06. The van der Waals surface area contributed by atoms with Crippen LogP contribution in [0.3, 0.4) is 0 Å². The zero-order valence-corrected chi connectivity index (χ0v) is 10.5. The third kappa shape index (κ3) is 3.06. The largest absolute Gasteiger partial charge is 0.376 e. The molecule has 0 bridgehead atoms. The summed E-state index contributed by atoms with van der Waals surface area (Å²) in [6.45, 7) is 3.72. The Hall–Kier alpha value is -1.36. The number of ether oxygens (including phenoxy) is 1. The van der Waals surface area contributed by atoms with Gasteiger partial charge in [0, 0.05) is 25.8 Å². The van der Waals surface area contributed by atoms with Gasteiger partial charge in [-0.15, -0.1) is 0 Å². The highest BCUT2D eigenvalue weighted by atomic mass is 16.5. The molecular weight excluding hydrogens is 216 g/mol. The van der Waals surface area contributed by atoms with E-state index in [1.54, 1.807) is 6.33 Å². The first-order valence-electron chi connectivity index (χ1n) is 6.16. The van der Waals surface area contributed by atoms with Crippen molar-refractivity contribution in [3.05, 3.63) is 11.9 Å². The van der Waals surface area contributed by atoms with Crippen LogP contribution in [0.25, 0.3) is 0 Å². The summed E-state index contributed by atoms with van der Waals surface area (Å²) in [6, 6.07) is 0. The van der Waals surface area contributed by atoms with Crippen LogP contribution in [0.4, 0.5) is 11.6 Å². The van der Waals surface area contributed by atoms with Crippen LogP contribution in [0, 0.1) is 6.92 Å². The van der Waals surface area contributed by atoms with Crippen molar-refractivity contribution in [1.82, 2.24) is 9.97 Å². The molecule has 2 rings (SSSR count). The van der Waals surface area contributed by atoms with E-state index in [9.17, 15) is 0 Å². The van der Waals surface area contributed by atoms with Gasteiger partial charge in [-0.25, -0.2) is 9.97 Å². The summed E-state index contributed by atoms with van der Waals surface area (Å²) in [4.78, 5) is 8.41. The highest BCUT2D eigenvalue weighted by molar-refractivity contribution is 5.56. The molecular formula is C12H20N4O. The van der Waals surface area contributed by atoms with Crippen molar-refractivity contribution < 1.29 is 4.74 Å². The predicted octanol–water partition coefficient (Wildman–Crippen LogP) is 1.81. The van der Waals surface area contributed by atoms with Crippen LogP contribution < -0.4 is 10.6 Å². The second kappa shape index (κ2) is 5.82. The molecule has 1 aromatic heterocycles. The van der Waals surface area contributed by atoms with Crippen molar-refractivity contribution in [2.45, 2.75) is 32.3 Å². The minimum absolute atomic E-state index is 0.316. The van der Waals surface area contributed by atoms with E-state index >= 15 is 0 Å². The molecule has 5 heteroatoms. The van der Waals surface area contributed by atoms with Gasteiger partial charge in [0.1, 0.15) is 18.0 Å². The van der Waals surface area contributed by atoms with Gasteiger partial charge in [0.2, 0.25) is 0 Å². The molecule has 1 fully saturated rings. The fourth-order valence-electron chi connectivity index (χ4n) is 2.06. The van der Waals surface area contributed by atoms with Gasteiger partial charge in [0.25, 0.3) is 0 Å². The Bertz CT molecular complexity index is 364. The van der Waals surface area contributed by atoms with Crippen LogP contribution in [0.15, 0.2) is 6.33 Å². The van der Waals surface area contributed by atoms with Crippen molar-refractivity contribution in [3.8, 4) is 0 Å². The number of nitrogens with zero attached hydrogens (tertiary/aromatic N) is 2. The zero-order chi connectivity index (χ0) is 12.1. The third-order valence-corrected chi connectivity index (χ3v) is 3.09. The van der Waals surface area contributed by atoms with E-state index in [0.717, 1.165) is 36.8 Å². The van der Waals surface area contributed by atoms with Crippen molar-refractivity contribution >= 4 is 11.6 Å². The highest BCUT2D eigenvalue weighted by Crippen LogP contribution is 2.19. The summed E-state index contributed by atoms with van der Waals surface area (Å²) >= 11 is 0. The van der Waals surface area contributed by atoms with Gasteiger partial charge in [-0.2, -0.15) is 0 Å². The van der Waals surface area contributed by atoms with Crippen LogP contribution in [0.1, 0.15) is 24.8 Å². The maximum Gasteiger partial charge on any atom is 0.134 e. The first-order valence-corrected chi connectivity index (χ1v) is 6.16. The van der Waals surface area contributed by atoms with Crippen molar-refractivity contribution in [2.75, 3.05) is 30.8 Å². The maximum absolute atomic E-state index is 5.67. The third-order valence-electron chi connectivity index (χ3n) is 3.09. The Balaban J connectivity index is 1.93. The Morgan fingerprint density at radius 1 is 1.35 bits per heavy atom. The molecule has 17 heavy (non-hydrogen) atoms. The molecule has 2 N–H and O–H groups in total. The van der Waals surface area contributed by atoms with E-state index in [0.29, 0.717) is 6.10 Å². The van der Waals surface area contributed by atoms with Crippen LogP contribution >= 0.6 is 0 Å². The lowest BCUT2D eigenvalue weighted by atomic mass is 10.1. The van der Waals surface area contributed by atoms with E-state index in [1.165, 1.54) is 12.8 Å².